The Balaban J connectivity index is 2.13. The van der Waals surface area contributed by atoms with Crippen molar-refractivity contribution in [2.75, 3.05) is 19.0 Å². The summed E-state index contributed by atoms with van der Waals surface area (Å²) in [5.41, 5.74) is 2.03. The Hall–Kier alpha value is -1.94. The van der Waals surface area contributed by atoms with Crippen LogP contribution < -0.4 is 4.90 Å². The van der Waals surface area contributed by atoms with E-state index in [1.54, 1.807) is 12.1 Å². The Morgan fingerprint density at radius 1 is 1.05 bits per heavy atom. The van der Waals surface area contributed by atoms with Crippen LogP contribution in [0.2, 0.25) is 0 Å². The van der Waals surface area contributed by atoms with E-state index in [1.807, 2.05) is 31.1 Å². The lowest BCUT2D eigenvalue weighted by Crippen LogP contribution is -2.09. The Bertz CT molecular complexity index is 582. The number of aliphatic hydroxyl groups excluding tert-OH is 1. The lowest BCUT2D eigenvalue weighted by molar-refractivity contribution is 0.177. The van der Waals surface area contributed by atoms with Gasteiger partial charge in [0.15, 0.2) is 0 Å². The summed E-state index contributed by atoms with van der Waals surface area (Å²) in [6.07, 6.45) is -0.695. The van der Waals surface area contributed by atoms with Gasteiger partial charge in [-0.15, -0.1) is 0 Å². The van der Waals surface area contributed by atoms with Gasteiger partial charge in [-0.1, -0.05) is 18.2 Å². The van der Waals surface area contributed by atoms with Crippen molar-refractivity contribution in [3.63, 3.8) is 0 Å². The molecule has 0 amide bonds. The number of hydrogen-bond donors (Lipinski definition) is 1. The zero-order valence-corrected chi connectivity index (χ0v) is 11.5. The molecule has 2 aromatic carbocycles. The minimum atomic E-state index is -0.814. The molecule has 1 atom stereocenters. The van der Waals surface area contributed by atoms with Crippen LogP contribution in [0.3, 0.4) is 0 Å². The Morgan fingerprint density at radius 3 is 2.25 bits per heavy atom. The van der Waals surface area contributed by atoms with Crippen molar-refractivity contribution < 1.29 is 13.9 Å². The average Bonchev–Trinajstić information content (AvgIpc) is 2.42. The van der Waals surface area contributed by atoms with E-state index < -0.39 is 17.7 Å². The SMILES string of the molecule is CN(C)c1ccc(C(O)Cc2ccc(F)cc2F)cc1. The number of anilines is 1. The van der Waals surface area contributed by atoms with Gasteiger partial charge >= 0.3 is 0 Å². The van der Waals surface area contributed by atoms with Gasteiger partial charge in [-0.25, -0.2) is 8.78 Å². The molecular weight excluding hydrogens is 260 g/mol. The van der Waals surface area contributed by atoms with Gasteiger partial charge in [0.25, 0.3) is 0 Å². The minimum Gasteiger partial charge on any atom is -0.388 e. The summed E-state index contributed by atoms with van der Waals surface area (Å²) in [6.45, 7) is 0. The predicted molar refractivity (Wildman–Crippen MR) is 75.8 cm³/mol. The molecule has 2 aromatic rings. The third-order valence-corrected chi connectivity index (χ3v) is 3.22. The van der Waals surface area contributed by atoms with Crippen molar-refractivity contribution in [2.24, 2.45) is 0 Å². The van der Waals surface area contributed by atoms with Crippen molar-refractivity contribution in [3.8, 4) is 0 Å². The zero-order chi connectivity index (χ0) is 14.7. The number of aliphatic hydroxyl groups is 1. The Kier molecular flexibility index (Phi) is 4.35. The van der Waals surface area contributed by atoms with E-state index in [0.29, 0.717) is 11.1 Å². The molecule has 1 unspecified atom stereocenters. The maximum Gasteiger partial charge on any atom is 0.129 e. The number of hydrogen-bond acceptors (Lipinski definition) is 2. The van der Waals surface area contributed by atoms with Gasteiger partial charge in [0, 0.05) is 32.3 Å². The van der Waals surface area contributed by atoms with Crippen LogP contribution in [-0.4, -0.2) is 19.2 Å². The third-order valence-electron chi connectivity index (χ3n) is 3.22. The van der Waals surface area contributed by atoms with Gasteiger partial charge in [-0.2, -0.15) is 0 Å². The quantitative estimate of drug-likeness (QED) is 0.927. The topological polar surface area (TPSA) is 23.5 Å². The number of rotatable bonds is 4. The molecule has 0 spiro atoms. The molecule has 0 aliphatic rings. The molecular formula is C16H17F2NO. The van der Waals surface area contributed by atoms with Crippen LogP contribution in [0.4, 0.5) is 14.5 Å². The summed E-state index contributed by atoms with van der Waals surface area (Å²) in [5.74, 6) is -1.25. The van der Waals surface area contributed by atoms with E-state index in [2.05, 4.69) is 0 Å². The molecule has 0 radical (unpaired) electrons. The van der Waals surface area contributed by atoms with Gasteiger partial charge in [0.05, 0.1) is 6.10 Å². The minimum absolute atomic E-state index is 0.118. The number of nitrogens with zero attached hydrogens (tertiary/aromatic N) is 1. The van der Waals surface area contributed by atoms with E-state index >= 15 is 0 Å². The van der Waals surface area contributed by atoms with Crippen LogP contribution in [0.25, 0.3) is 0 Å². The van der Waals surface area contributed by atoms with Gasteiger partial charge in [-0.3, -0.25) is 0 Å². The fourth-order valence-corrected chi connectivity index (χ4v) is 2.01. The molecule has 2 rings (SSSR count). The second-order valence-corrected chi connectivity index (χ2v) is 4.94. The lowest BCUT2D eigenvalue weighted by Gasteiger charge is -2.15. The molecule has 0 aliphatic heterocycles. The van der Waals surface area contributed by atoms with Gasteiger partial charge in [0.2, 0.25) is 0 Å². The van der Waals surface area contributed by atoms with Crippen molar-refractivity contribution in [3.05, 3.63) is 65.2 Å². The zero-order valence-electron chi connectivity index (χ0n) is 11.5. The van der Waals surface area contributed by atoms with Crippen LogP contribution >= 0.6 is 0 Å². The lowest BCUT2D eigenvalue weighted by atomic mass is 10.0. The highest BCUT2D eigenvalue weighted by atomic mass is 19.1. The van der Waals surface area contributed by atoms with Crippen molar-refractivity contribution in [2.45, 2.75) is 12.5 Å². The van der Waals surface area contributed by atoms with E-state index in [-0.39, 0.29) is 6.42 Å². The molecule has 1 N–H and O–H groups in total. The van der Waals surface area contributed by atoms with Crippen LogP contribution in [-0.2, 0) is 6.42 Å². The monoisotopic (exact) mass is 277 g/mol. The normalized spacial score (nSPS) is 12.2. The summed E-state index contributed by atoms with van der Waals surface area (Å²) >= 11 is 0. The largest absolute Gasteiger partial charge is 0.388 e. The fraction of sp³-hybridized carbons (Fsp3) is 0.250. The summed E-state index contributed by atoms with van der Waals surface area (Å²) in [5, 5.41) is 10.1. The third kappa shape index (κ3) is 3.33. The maximum absolute atomic E-state index is 13.5. The first kappa shape index (κ1) is 14.5. The molecule has 2 nitrogen and oxygen atoms in total. The first-order valence-corrected chi connectivity index (χ1v) is 6.36. The van der Waals surface area contributed by atoms with Gasteiger partial charge in [0.1, 0.15) is 11.6 Å². The Morgan fingerprint density at radius 2 is 1.70 bits per heavy atom. The maximum atomic E-state index is 13.5. The Labute approximate surface area is 117 Å². The van der Waals surface area contributed by atoms with E-state index in [1.165, 1.54) is 12.1 Å². The summed E-state index contributed by atoms with van der Waals surface area (Å²) in [4.78, 5) is 1.95. The molecule has 20 heavy (non-hydrogen) atoms. The van der Waals surface area contributed by atoms with E-state index in [4.69, 9.17) is 0 Å². The molecule has 0 heterocycles. The molecule has 0 aliphatic carbocycles. The highest BCUT2D eigenvalue weighted by Gasteiger charge is 2.12. The number of benzene rings is 2. The van der Waals surface area contributed by atoms with Crippen LogP contribution in [0, 0.1) is 11.6 Å². The average molecular weight is 277 g/mol. The van der Waals surface area contributed by atoms with Crippen molar-refractivity contribution in [1.82, 2.24) is 0 Å². The van der Waals surface area contributed by atoms with Crippen LogP contribution in [0.1, 0.15) is 17.2 Å². The van der Waals surface area contributed by atoms with Crippen LogP contribution in [0.15, 0.2) is 42.5 Å². The first-order chi connectivity index (χ1) is 9.47. The fourth-order valence-electron chi connectivity index (χ4n) is 2.01. The van der Waals surface area contributed by atoms with Gasteiger partial charge in [-0.05, 0) is 29.3 Å². The van der Waals surface area contributed by atoms with E-state index in [9.17, 15) is 13.9 Å². The summed E-state index contributed by atoms with van der Waals surface area (Å²) < 4.78 is 26.4. The molecule has 106 valence electrons. The standard InChI is InChI=1S/C16H17F2NO/c1-19(2)14-7-4-11(5-8-14)16(20)9-12-3-6-13(17)10-15(12)18/h3-8,10,16,20H,9H2,1-2H3. The van der Waals surface area contributed by atoms with E-state index in [0.717, 1.165) is 11.8 Å². The first-order valence-electron chi connectivity index (χ1n) is 6.36. The molecule has 0 saturated heterocycles. The second-order valence-electron chi connectivity index (χ2n) is 4.94. The molecule has 0 aromatic heterocycles. The summed E-state index contributed by atoms with van der Waals surface area (Å²) in [7, 11) is 3.86. The highest BCUT2D eigenvalue weighted by molar-refractivity contribution is 5.46. The van der Waals surface area contributed by atoms with Crippen molar-refractivity contribution >= 4 is 5.69 Å². The molecule has 0 fully saturated rings. The summed E-state index contributed by atoms with van der Waals surface area (Å²) in [6, 6.07) is 10.8. The predicted octanol–water partition coefficient (Wildman–Crippen LogP) is 3.31. The van der Waals surface area contributed by atoms with Crippen LogP contribution in [0.5, 0.6) is 0 Å². The molecule has 4 heteroatoms. The molecule has 0 bridgehead atoms. The highest BCUT2D eigenvalue weighted by Crippen LogP contribution is 2.22. The number of halogens is 2. The second kappa shape index (κ2) is 6.01. The smallest absolute Gasteiger partial charge is 0.129 e. The molecule has 0 saturated carbocycles. The van der Waals surface area contributed by atoms with Gasteiger partial charge < -0.3 is 10.0 Å². The van der Waals surface area contributed by atoms with Crippen molar-refractivity contribution in [1.29, 1.82) is 0 Å².